The Balaban J connectivity index is 1.80. The largest absolute Gasteiger partial charge is 0.339 e. The molecule has 1 heterocycles. The number of rotatable bonds is 4. The number of anilines is 4. The minimum Gasteiger partial charge on any atom is -0.339 e. The van der Waals surface area contributed by atoms with Crippen molar-refractivity contribution in [3.8, 4) is 6.07 Å². The summed E-state index contributed by atoms with van der Waals surface area (Å²) in [6.45, 7) is 2.04. The normalized spacial score (nSPS) is 9.91. The van der Waals surface area contributed by atoms with Gasteiger partial charge in [-0.15, -0.1) is 0 Å². The summed E-state index contributed by atoms with van der Waals surface area (Å²) in [5.74, 6) is 1.12. The van der Waals surface area contributed by atoms with Crippen molar-refractivity contribution in [1.82, 2.24) is 9.97 Å². The fourth-order valence-electron chi connectivity index (χ4n) is 2.08. The van der Waals surface area contributed by atoms with Gasteiger partial charge in [-0.05, 0) is 37.3 Å². The van der Waals surface area contributed by atoms with Gasteiger partial charge < -0.3 is 10.6 Å². The number of para-hydroxylation sites is 1. The summed E-state index contributed by atoms with van der Waals surface area (Å²) in [6, 6.07) is 19.2. The van der Waals surface area contributed by atoms with Gasteiger partial charge in [-0.1, -0.05) is 29.8 Å². The lowest BCUT2D eigenvalue weighted by Crippen LogP contribution is -2.01. The van der Waals surface area contributed by atoms with Crippen LogP contribution in [0.5, 0.6) is 0 Å². The van der Waals surface area contributed by atoms with Crippen molar-refractivity contribution in [3.05, 3.63) is 71.9 Å². The molecule has 0 saturated heterocycles. The van der Waals surface area contributed by atoms with Crippen molar-refractivity contribution in [2.45, 2.75) is 6.92 Å². The second-order valence-corrected chi connectivity index (χ2v) is 5.04. The maximum atomic E-state index is 9.13. The van der Waals surface area contributed by atoms with Gasteiger partial charge >= 0.3 is 0 Å². The molecule has 1 aromatic heterocycles. The quantitative estimate of drug-likeness (QED) is 0.757. The molecule has 0 aliphatic rings. The van der Waals surface area contributed by atoms with Crippen molar-refractivity contribution in [1.29, 1.82) is 5.26 Å². The lowest BCUT2D eigenvalue weighted by atomic mass is 10.2. The van der Waals surface area contributed by atoms with Crippen LogP contribution in [0.25, 0.3) is 0 Å². The van der Waals surface area contributed by atoms with Crippen LogP contribution in [0.15, 0.2) is 60.8 Å². The Hall–Kier alpha value is -3.39. The topological polar surface area (TPSA) is 73.6 Å². The smallest absolute Gasteiger partial charge is 0.229 e. The van der Waals surface area contributed by atoms with E-state index in [1.54, 1.807) is 18.3 Å². The van der Waals surface area contributed by atoms with Crippen LogP contribution in [0.4, 0.5) is 23.1 Å². The Morgan fingerprint density at radius 3 is 2.52 bits per heavy atom. The number of hydrogen-bond acceptors (Lipinski definition) is 5. The van der Waals surface area contributed by atoms with E-state index in [0.29, 0.717) is 17.3 Å². The van der Waals surface area contributed by atoms with Gasteiger partial charge in [0.25, 0.3) is 0 Å². The van der Waals surface area contributed by atoms with Crippen molar-refractivity contribution in [2.24, 2.45) is 0 Å². The lowest BCUT2D eigenvalue weighted by molar-refractivity contribution is 1.16. The van der Waals surface area contributed by atoms with E-state index in [4.69, 9.17) is 5.26 Å². The predicted octanol–water partition coefficient (Wildman–Crippen LogP) is 4.14. The van der Waals surface area contributed by atoms with Crippen LogP contribution in [0.1, 0.15) is 11.1 Å². The van der Waals surface area contributed by atoms with Crippen LogP contribution < -0.4 is 10.6 Å². The molecular weight excluding hydrogens is 286 g/mol. The molecule has 0 radical (unpaired) electrons. The number of nitrogens with one attached hydrogen (secondary N) is 2. The molecule has 5 nitrogen and oxygen atoms in total. The molecule has 23 heavy (non-hydrogen) atoms. The molecule has 0 bridgehead atoms. The van der Waals surface area contributed by atoms with Crippen LogP contribution in [0.3, 0.4) is 0 Å². The molecule has 0 saturated carbocycles. The molecule has 0 aliphatic carbocycles. The van der Waals surface area contributed by atoms with Crippen LogP contribution in [-0.4, -0.2) is 9.97 Å². The van der Waals surface area contributed by atoms with Crippen molar-refractivity contribution in [2.75, 3.05) is 10.6 Å². The van der Waals surface area contributed by atoms with E-state index >= 15 is 0 Å². The number of hydrogen-bond donors (Lipinski definition) is 2. The van der Waals surface area contributed by atoms with E-state index in [0.717, 1.165) is 11.4 Å². The maximum Gasteiger partial charge on any atom is 0.229 e. The molecule has 2 N–H and O–H groups in total. The first kappa shape index (κ1) is 14.5. The van der Waals surface area contributed by atoms with Gasteiger partial charge in [0.1, 0.15) is 11.9 Å². The molecule has 112 valence electrons. The van der Waals surface area contributed by atoms with E-state index in [9.17, 15) is 0 Å². The summed E-state index contributed by atoms with van der Waals surface area (Å²) in [6.07, 6.45) is 1.67. The van der Waals surface area contributed by atoms with E-state index < -0.39 is 0 Å². The van der Waals surface area contributed by atoms with Crippen LogP contribution in [-0.2, 0) is 0 Å². The van der Waals surface area contributed by atoms with E-state index in [2.05, 4.69) is 26.7 Å². The molecular formula is C18H15N5. The highest BCUT2D eigenvalue weighted by Gasteiger charge is 2.04. The van der Waals surface area contributed by atoms with E-state index in [-0.39, 0.29) is 0 Å². The third-order valence-electron chi connectivity index (χ3n) is 3.27. The van der Waals surface area contributed by atoms with Gasteiger partial charge in [0.05, 0.1) is 11.3 Å². The molecule has 0 fully saturated rings. The molecule has 3 aromatic rings. The second-order valence-electron chi connectivity index (χ2n) is 5.04. The van der Waals surface area contributed by atoms with Gasteiger partial charge in [0, 0.05) is 11.9 Å². The highest BCUT2D eigenvalue weighted by atomic mass is 15.1. The summed E-state index contributed by atoms with van der Waals surface area (Å²) in [7, 11) is 0. The summed E-state index contributed by atoms with van der Waals surface area (Å²) in [4.78, 5) is 8.63. The van der Waals surface area contributed by atoms with Gasteiger partial charge in [0.2, 0.25) is 5.95 Å². The molecule has 0 amide bonds. The molecule has 0 unspecified atom stereocenters. The fraction of sp³-hybridized carbons (Fsp3) is 0.0556. The average Bonchev–Trinajstić information content (AvgIpc) is 2.58. The zero-order valence-electron chi connectivity index (χ0n) is 12.6. The molecule has 3 rings (SSSR count). The summed E-state index contributed by atoms with van der Waals surface area (Å²) >= 11 is 0. The lowest BCUT2D eigenvalue weighted by Gasteiger charge is -2.09. The van der Waals surface area contributed by atoms with Crippen molar-refractivity contribution >= 4 is 23.1 Å². The van der Waals surface area contributed by atoms with Crippen LogP contribution in [0, 0.1) is 18.3 Å². The summed E-state index contributed by atoms with van der Waals surface area (Å²) in [5, 5.41) is 15.4. The number of benzene rings is 2. The van der Waals surface area contributed by atoms with E-state index in [1.807, 2.05) is 49.4 Å². The minimum absolute atomic E-state index is 0.494. The first-order valence-corrected chi connectivity index (χ1v) is 7.17. The standard InChI is InChI=1S/C18H15N5/c1-13-6-8-15(9-7-13)21-18-20-11-10-17(23-18)22-16-5-3-2-4-14(16)12-19/h2-11H,1H3,(H2,20,21,22,23). The molecule has 0 atom stereocenters. The Kier molecular flexibility index (Phi) is 4.16. The third kappa shape index (κ3) is 3.63. The van der Waals surface area contributed by atoms with Crippen molar-refractivity contribution in [3.63, 3.8) is 0 Å². The van der Waals surface area contributed by atoms with E-state index in [1.165, 1.54) is 5.56 Å². The predicted molar refractivity (Wildman–Crippen MR) is 90.9 cm³/mol. The minimum atomic E-state index is 0.494. The number of nitriles is 1. The number of aromatic nitrogens is 2. The van der Waals surface area contributed by atoms with Gasteiger partial charge in [-0.3, -0.25) is 0 Å². The highest BCUT2D eigenvalue weighted by Crippen LogP contribution is 2.20. The second kappa shape index (κ2) is 6.58. The third-order valence-corrected chi connectivity index (χ3v) is 3.27. The van der Waals surface area contributed by atoms with Crippen LogP contribution >= 0.6 is 0 Å². The zero-order valence-corrected chi connectivity index (χ0v) is 12.6. The zero-order chi connectivity index (χ0) is 16.1. The maximum absolute atomic E-state index is 9.13. The highest BCUT2D eigenvalue weighted by molar-refractivity contribution is 5.65. The Morgan fingerprint density at radius 1 is 0.957 bits per heavy atom. The first-order valence-electron chi connectivity index (χ1n) is 7.17. The Morgan fingerprint density at radius 2 is 1.74 bits per heavy atom. The molecule has 2 aromatic carbocycles. The summed E-state index contributed by atoms with van der Waals surface area (Å²) in [5.41, 5.74) is 3.40. The monoisotopic (exact) mass is 301 g/mol. The van der Waals surface area contributed by atoms with Crippen molar-refractivity contribution < 1.29 is 0 Å². The average molecular weight is 301 g/mol. The SMILES string of the molecule is Cc1ccc(Nc2nccc(Nc3ccccc3C#N)n2)cc1. The van der Waals surface area contributed by atoms with Gasteiger partial charge in [-0.25, -0.2) is 4.98 Å². The Bertz CT molecular complexity index is 850. The molecule has 0 aliphatic heterocycles. The Labute approximate surface area is 134 Å². The van der Waals surface area contributed by atoms with Gasteiger partial charge in [0.15, 0.2) is 0 Å². The van der Waals surface area contributed by atoms with Crippen LogP contribution in [0.2, 0.25) is 0 Å². The van der Waals surface area contributed by atoms with Gasteiger partial charge in [-0.2, -0.15) is 10.2 Å². The molecule has 0 spiro atoms. The number of nitrogens with zero attached hydrogens (tertiary/aromatic N) is 3. The molecule has 5 heteroatoms. The fourth-order valence-corrected chi connectivity index (χ4v) is 2.08. The number of aryl methyl sites for hydroxylation is 1. The first-order chi connectivity index (χ1) is 11.2. The summed E-state index contributed by atoms with van der Waals surface area (Å²) < 4.78 is 0.